The molecule has 4 rings (SSSR count). The quantitative estimate of drug-likeness (QED) is 0.0984. The molecule has 0 spiro atoms. The highest BCUT2D eigenvalue weighted by atomic mass is 35.5. The summed E-state index contributed by atoms with van der Waals surface area (Å²) in [4.78, 5) is 36.6. The van der Waals surface area contributed by atoms with Gasteiger partial charge >= 0.3 is 18.2 Å². The summed E-state index contributed by atoms with van der Waals surface area (Å²) in [6, 6.07) is 11.5. The minimum absolute atomic E-state index is 0.00129. The Hall–Kier alpha value is -4.46. The van der Waals surface area contributed by atoms with Crippen molar-refractivity contribution < 1.29 is 32.6 Å². The number of hydrogen-bond donors (Lipinski definition) is 5. The summed E-state index contributed by atoms with van der Waals surface area (Å²) in [6.07, 6.45) is -1.17. The summed E-state index contributed by atoms with van der Waals surface area (Å²) in [6.45, 7) is 0.0834. The number of carbonyl (C=O) groups excluding carboxylic acids is 1. The first-order valence-corrected chi connectivity index (χ1v) is 14.1. The molecule has 15 heteroatoms. The fourth-order valence-electron chi connectivity index (χ4n) is 4.34. The Bertz CT molecular complexity index is 1480. The van der Waals surface area contributed by atoms with Gasteiger partial charge in [0.25, 0.3) is 5.91 Å². The second-order valence-electron chi connectivity index (χ2n) is 10.5. The van der Waals surface area contributed by atoms with Gasteiger partial charge in [0.2, 0.25) is 11.9 Å². The highest BCUT2D eigenvalue weighted by molar-refractivity contribution is 6.30. The fourth-order valence-corrected chi connectivity index (χ4v) is 4.47. The number of halogens is 4. The van der Waals surface area contributed by atoms with Crippen LogP contribution in [0.5, 0.6) is 6.01 Å². The lowest BCUT2D eigenvalue weighted by molar-refractivity contribution is -0.154. The van der Waals surface area contributed by atoms with Crippen molar-refractivity contribution in [1.82, 2.24) is 20.3 Å². The largest absolute Gasteiger partial charge is 0.480 e. The molecule has 44 heavy (non-hydrogen) atoms. The lowest BCUT2D eigenvalue weighted by Crippen LogP contribution is -2.40. The number of rotatable bonds is 15. The molecule has 11 nitrogen and oxygen atoms in total. The molecule has 1 aliphatic rings. The maximum atomic E-state index is 12.8. The average molecular weight is 634 g/mol. The fraction of sp³-hybridized carbons (Fsp3) is 0.379. The molecule has 0 radical (unpaired) electrons. The Morgan fingerprint density at radius 1 is 1.05 bits per heavy atom. The maximum Gasteiger partial charge on any atom is 0.422 e. The Labute approximate surface area is 256 Å². The molecule has 1 saturated carbocycles. The second kappa shape index (κ2) is 13.9. The monoisotopic (exact) mass is 633 g/mol. The number of unbranched alkanes of at least 4 members (excludes halogenated alkanes) is 1. The van der Waals surface area contributed by atoms with Gasteiger partial charge in [-0.2, -0.15) is 28.1 Å². The van der Waals surface area contributed by atoms with Crippen LogP contribution >= 0.6 is 11.6 Å². The SMILES string of the molecule is CC(=N)CCCC[C@H](NC(=O)c1ccc(Nc2nc(NC3(c4ccc(Cl)cc4)CC3)nc(OCC(F)(F)F)n2)cc1)C(=O)O. The second-order valence-corrected chi connectivity index (χ2v) is 10.9. The zero-order chi connectivity index (χ0) is 31.9. The third-order valence-electron chi connectivity index (χ3n) is 6.78. The number of carbonyl (C=O) groups is 2. The van der Waals surface area contributed by atoms with Gasteiger partial charge in [0.1, 0.15) is 6.04 Å². The standard InChI is InChI=1S/C29H31ClF3N7O4/c1-17(34)4-2-3-5-22(24(42)43)36-23(41)18-6-12-21(13-7-18)35-25-37-26(39-27(38-25)44-16-29(31,32)33)40-28(14-15-28)19-8-10-20(30)11-9-19/h6-13,22,34H,2-5,14-16H2,1H3,(H,36,41)(H,42,43)(H2,35,37,38,39,40)/t22-/m0/s1. The van der Waals surface area contributed by atoms with E-state index in [-0.39, 0.29) is 23.9 Å². The van der Waals surface area contributed by atoms with Gasteiger partial charge < -0.3 is 31.2 Å². The van der Waals surface area contributed by atoms with E-state index in [9.17, 15) is 27.9 Å². The number of hydrogen-bond acceptors (Lipinski definition) is 9. The number of carboxylic acid groups (broad SMARTS) is 1. The summed E-state index contributed by atoms with van der Waals surface area (Å²) >= 11 is 6.00. The molecule has 1 atom stereocenters. The molecule has 0 unspecified atom stereocenters. The highest BCUT2D eigenvalue weighted by Gasteiger charge is 2.45. The Balaban J connectivity index is 1.46. The number of aromatic nitrogens is 3. The molecular weight excluding hydrogens is 603 g/mol. The van der Waals surface area contributed by atoms with E-state index in [1.54, 1.807) is 19.1 Å². The normalized spacial score (nSPS) is 14.3. The zero-order valence-corrected chi connectivity index (χ0v) is 24.4. The first-order valence-electron chi connectivity index (χ1n) is 13.8. The number of benzene rings is 2. The molecule has 1 aliphatic carbocycles. The van der Waals surface area contributed by atoms with Crippen molar-refractivity contribution in [3.8, 4) is 6.01 Å². The Morgan fingerprint density at radius 3 is 2.30 bits per heavy atom. The molecule has 2 aromatic carbocycles. The molecule has 1 amide bonds. The predicted molar refractivity (Wildman–Crippen MR) is 158 cm³/mol. The van der Waals surface area contributed by atoms with Gasteiger partial charge in [0, 0.05) is 22.0 Å². The van der Waals surface area contributed by atoms with Crippen LogP contribution in [0, 0.1) is 5.41 Å². The maximum absolute atomic E-state index is 12.8. The van der Waals surface area contributed by atoms with Gasteiger partial charge in [-0.15, -0.1) is 0 Å². The minimum Gasteiger partial charge on any atom is -0.480 e. The smallest absolute Gasteiger partial charge is 0.422 e. The molecule has 0 bridgehead atoms. The summed E-state index contributed by atoms with van der Waals surface area (Å²) in [7, 11) is 0. The first-order chi connectivity index (χ1) is 20.8. The number of carboxylic acids is 1. The van der Waals surface area contributed by atoms with E-state index in [1.807, 2.05) is 12.1 Å². The van der Waals surface area contributed by atoms with Crippen molar-refractivity contribution in [1.29, 1.82) is 5.41 Å². The number of alkyl halides is 3. The first kappa shape index (κ1) is 32.5. The molecule has 234 valence electrons. The lowest BCUT2D eigenvalue weighted by atomic mass is 10.1. The van der Waals surface area contributed by atoms with E-state index in [0.29, 0.717) is 35.7 Å². The number of anilines is 3. The number of ether oxygens (including phenoxy) is 1. The van der Waals surface area contributed by atoms with Gasteiger partial charge in [0.15, 0.2) is 6.61 Å². The van der Waals surface area contributed by atoms with Crippen LogP contribution in [0.4, 0.5) is 30.8 Å². The zero-order valence-electron chi connectivity index (χ0n) is 23.7. The lowest BCUT2D eigenvalue weighted by Gasteiger charge is -2.19. The molecule has 0 saturated heterocycles. The van der Waals surface area contributed by atoms with E-state index in [0.717, 1.165) is 18.4 Å². The minimum atomic E-state index is -4.61. The van der Waals surface area contributed by atoms with Crippen LogP contribution < -0.4 is 20.7 Å². The Morgan fingerprint density at radius 2 is 1.70 bits per heavy atom. The van der Waals surface area contributed by atoms with Crippen LogP contribution in [0.3, 0.4) is 0 Å². The third kappa shape index (κ3) is 9.53. The van der Waals surface area contributed by atoms with E-state index in [1.165, 1.54) is 24.3 Å². The number of aliphatic carboxylic acids is 1. The van der Waals surface area contributed by atoms with Crippen LogP contribution in [0.1, 0.15) is 61.4 Å². The van der Waals surface area contributed by atoms with Crippen LogP contribution in [0.15, 0.2) is 48.5 Å². The van der Waals surface area contributed by atoms with E-state index < -0.39 is 42.3 Å². The van der Waals surface area contributed by atoms with Crippen molar-refractivity contribution in [3.05, 3.63) is 64.7 Å². The van der Waals surface area contributed by atoms with Gasteiger partial charge in [-0.25, -0.2) is 4.79 Å². The van der Waals surface area contributed by atoms with Crippen molar-refractivity contribution in [2.75, 3.05) is 17.2 Å². The van der Waals surface area contributed by atoms with Crippen molar-refractivity contribution in [2.45, 2.75) is 63.2 Å². The van der Waals surface area contributed by atoms with Gasteiger partial charge in [0.05, 0.1) is 5.54 Å². The average Bonchev–Trinajstić information content (AvgIpc) is 3.73. The summed E-state index contributed by atoms with van der Waals surface area (Å²) in [5.41, 5.74) is 1.50. The van der Waals surface area contributed by atoms with Crippen molar-refractivity contribution >= 4 is 46.8 Å². The van der Waals surface area contributed by atoms with Crippen LogP contribution in [-0.2, 0) is 10.3 Å². The van der Waals surface area contributed by atoms with Crippen molar-refractivity contribution in [3.63, 3.8) is 0 Å². The van der Waals surface area contributed by atoms with E-state index >= 15 is 0 Å². The number of nitrogens with one attached hydrogen (secondary N) is 4. The van der Waals surface area contributed by atoms with Gasteiger partial charge in [-0.3, -0.25) is 4.79 Å². The molecule has 0 aliphatic heterocycles. The molecular formula is C29H31ClF3N7O4. The molecule has 5 N–H and O–H groups in total. The number of nitrogens with zero attached hydrogens (tertiary/aromatic N) is 3. The topological polar surface area (TPSA) is 162 Å². The molecule has 3 aromatic rings. The molecule has 1 fully saturated rings. The summed E-state index contributed by atoms with van der Waals surface area (Å²) < 4.78 is 43.3. The summed E-state index contributed by atoms with van der Waals surface area (Å²) in [5.74, 6) is -1.85. The summed E-state index contributed by atoms with van der Waals surface area (Å²) in [5, 5.41) is 26.1. The predicted octanol–water partition coefficient (Wildman–Crippen LogP) is 6.09. The van der Waals surface area contributed by atoms with Crippen LogP contribution in [-0.4, -0.2) is 56.5 Å². The highest BCUT2D eigenvalue weighted by Crippen LogP contribution is 2.48. The van der Waals surface area contributed by atoms with Crippen molar-refractivity contribution in [2.24, 2.45) is 0 Å². The number of amides is 1. The molecule has 1 heterocycles. The van der Waals surface area contributed by atoms with Gasteiger partial charge in [-0.05, 0) is 81.0 Å². The van der Waals surface area contributed by atoms with Gasteiger partial charge in [-0.1, -0.05) is 30.2 Å². The van der Waals surface area contributed by atoms with Crippen LogP contribution in [0.25, 0.3) is 0 Å². The molecule has 1 aromatic heterocycles. The van der Waals surface area contributed by atoms with Crippen LogP contribution in [0.2, 0.25) is 5.02 Å². The Kier molecular flexibility index (Phi) is 10.2. The third-order valence-corrected chi connectivity index (χ3v) is 7.03. The van der Waals surface area contributed by atoms with E-state index in [2.05, 4.69) is 30.9 Å². The van der Waals surface area contributed by atoms with E-state index in [4.69, 9.17) is 21.7 Å².